The monoisotopic (exact) mass is 483 g/mol. The van der Waals surface area contributed by atoms with Crippen LogP contribution in [0.3, 0.4) is 0 Å². The molecule has 2 aliphatic heterocycles. The summed E-state index contributed by atoms with van der Waals surface area (Å²) in [5.41, 5.74) is -0.633. The number of likely N-dealkylation sites (tertiary alicyclic amines) is 2. The molecule has 0 unspecified atom stereocenters. The van der Waals surface area contributed by atoms with Crippen molar-refractivity contribution in [1.82, 2.24) is 9.80 Å². The van der Waals surface area contributed by atoms with Gasteiger partial charge in [-0.1, -0.05) is 12.1 Å². The SMILES string of the molecule is O=C(Nc1cccc(OC(F)(F)F)c1)N1CCC2(CCN(C(=O)c3c(F)cccc3F)CC2)C1. The number of rotatable bonds is 3. The van der Waals surface area contributed by atoms with E-state index in [0.29, 0.717) is 45.4 Å². The van der Waals surface area contributed by atoms with E-state index in [0.717, 1.165) is 24.3 Å². The van der Waals surface area contributed by atoms with E-state index in [9.17, 15) is 31.5 Å². The van der Waals surface area contributed by atoms with E-state index >= 15 is 0 Å². The van der Waals surface area contributed by atoms with Crippen LogP contribution in [0.1, 0.15) is 29.6 Å². The van der Waals surface area contributed by atoms with Crippen LogP contribution in [0.4, 0.5) is 32.4 Å². The zero-order valence-electron chi connectivity index (χ0n) is 18.0. The van der Waals surface area contributed by atoms with Crippen molar-refractivity contribution in [3.63, 3.8) is 0 Å². The maximum absolute atomic E-state index is 14.0. The van der Waals surface area contributed by atoms with Crippen molar-refractivity contribution < 1.29 is 36.3 Å². The number of ether oxygens (including phenoxy) is 1. The minimum atomic E-state index is -4.84. The molecule has 2 heterocycles. The molecule has 2 fully saturated rings. The fourth-order valence-corrected chi connectivity index (χ4v) is 4.53. The van der Waals surface area contributed by atoms with Crippen LogP contribution < -0.4 is 10.1 Å². The number of anilines is 1. The maximum atomic E-state index is 14.0. The highest BCUT2D eigenvalue weighted by Gasteiger charge is 2.43. The van der Waals surface area contributed by atoms with Crippen LogP contribution in [0.15, 0.2) is 42.5 Å². The lowest BCUT2D eigenvalue weighted by Crippen LogP contribution is -2.45. The summed E-state index contributed by atoms with van der Waals surface area (Å²) in [6.45, 7) is 1.46. The van der Waals surface area contributed by atoms with Crippen LogP contribution >= 0.6 is 0 Å². The highest BCUT2D eigenvalue weighted by molar-refractivity contribution is 5.95. The van der Waals surface area contributed by atoms with Crippen molar-refractivity contribution in [2.75, 3.05) is 31.5 Å². The molecule has 2 aromatic carbocycles. The molecule has 0 saturated carbocycles. The van der Waals surface area contributed by atoms with E-state index in [1.165, 1.54) is 23.1 Å². The number of carbonyl (C=O) groups excluding carboxylic acids is 2. The first-order valence-electron chi connectivity index (χ1n) is 10.7. The fraction of sp³-hybridized carbons (Fsp3) is 0.391. The van der Waals surface area contributed by atoms with Crippen LogP contribution in [0, 0.1) is 17.0 Å². The second kappa shape index (κ2) is 9.11. The molecule has 0 atom stereocenters. The summed E-state index contributed by atoms with van der Waals surface area (Å²) in [6.07, 6.45) is -3.02. The Balaban J connectivity index is 1.34. The summed E-state index contributed by atoms with van der Waals surface area (Å²) in [7, 11) is 0. The van der Waals surface area contributed by atoms with Gasteiger partial charge in [-0.3, -0.25) is 4.79 Å². The molecule has 1 N–H and O–H groups in total. The van der Waals surface area contributed by atoms with Crippen molar-refractivity contribution in [2.24, 2.45) is 5.41 Å². The average Bonchev–Trinajstić information content (AvgIpc) is 3.17. The van der Waals surface area contributed by atoms with Gasteiger partial charge in [0.05, 0.1) is 0 Å². The van der Waals surface area contributed by atoms with Crippen molar-refractivity contribution in [3.8, 4) is 5.75 Å². The maximum Gasteiger partial charge on any atom is 0.573 e. The lowest BCUT2D eigenvalue weighted by atomic mass is 9.77. The Morgan fingerprint density at radius 1 is 0.912 bits per heavy atom. The van der Waals surface area contributed by atoms with Gasteiger partial charge < -0.3 is 19.9 Å². The van der Waals surface area contributed by atoms with Crippen LogP contribution in [0.25, 0.3) is 0 Å². The number of nitrogens with one attached hydrogen (secondary N) is 1. The first-order chi connectivity index (χ1) is 16.1. The van der Waals surface area contributed by atoms with Crippen molar-refractivity contribution in [1.29, 1.82) is 0 Å². The summed E-state index contributed by atoms with van der Waals surface area (Å²) in [4.78, 5) is 28.3. The predicted octanol–water partition coefficient (Wildman–Crippen LogP) is 5.02. The molecule has 0 aromatic heterocycles. The Labute approximate surface area is 192 Å². The molecule has 0 radical (unpaired) electrons. The highest BCUT2D eigenvalue weighted by atomic mass is 19.4. The molecular weight excluding hydrogens is 461 g/mol. The predicted molar refractivity (Wildman–Crippen MR) is 112 cm³/mol. The lowest BCUT2D eigenvalue weighted by Gasteiger charge is -2.39. The van der Waals surface area contributed by atoms with Gasteiger partial charge in [0.25, 0.3) is 5.91 Å². The Bertz CT molecular complexity index is 1060. The summed E-state index contributed by atoms with van der Waals surface area (Å²) < 4.78 is 69.1. The summed E-state index contributed by atoms with van der Waals surface area (Å²) in [5, 5.41) is 2.58. The van der Waals surface area contributed by atoms with Gasteiger partial charge in [0.15, 0.2) is 0 Å². The third-order valence-corrected chi connectivity index (χ3v) is 6.33. The number of piperidine rings is 1. The van der Waals surface area contributed by atoms with Gasteiger partial charge in [-0.15, -0.1) is 13.2 Å². The molecule has 11 heteroatoms. The number of benzene rings is 2. The molecular formula is C23H22F5N3O3. The van der Waals surface area contributed by atoms with E-state index in [1.807, 2.05) is 0 Å². The molecule has 2 saturated heterocycles. The molecule has 2 aromatic rings. The van der Waals surface area contributed by atoms with E-state index in [1.54, 1.807) is 4.90 Å². The normalized spacial score (nSPS) is 17.7. The standard InChI is InChI=1S/C23H22F5N3O3/c24-17-5-2-6-18(25)19(17)20(32)30-10-7-22(8-11-30)9-12-31(14-22)21(33)29-15-3-1-4-16(13-15)34-23(26,27)28/h1-6,13H,7-12,14H2,(H,29,33). The summed E-state index contributed by atoms with van der Waals surface area (Å²) in [6, 6.07) is 7.85. The second-order valence-corrected chi connectivity index (χ2v) is 8.57. The summed E-state index contributed by atoms with van der Waals surface area (Å²) >= 11 is 0. The molecule has 1 spiro atoms. The molecule has 0 aliphatic carbocycles. The molecule has 4 rings (SSSR count). The average molecular weight is 483 g/mol. The first kappa shape index (κ1) is 23.8. The highest BCUT2D eigenvalue weighted by Crippen LogP contribution is 2.41. The van der Waals surface area contributed by atoms with Gasteiger partial charge in [0.2, 0.25) is 0 Å². The van der Waals surface area contributed by atoms with Crippen LogP contribution in [-0.2, 0) is 0 Å². The zero-order valence-corrected chi connectivity index (χ0v) is 18.0. The number of hydrogen-bond acceptors (Lipinski definition) is 3. The molecule has 2 aliphatic rings. The van der Waals surface area contributed by atoms with Crippen molar-refractivity contribution in [2.45, 2.75) is 25.6 Å². The number of hydrogen-bond donors (Lipinski definition) is 1. The molecule has 34 heavy (non-hydrogen) atoms. The van der Waals surface area contributed by atoms with Gasteiger partial charge in [-0.2, -0.15) is 0 Å². The van der Waals surface area contributed by atoms with Crippen LogP contribution in [-0.4, -0.2) is 54.3 Å². The first-order valence-corrected chi connectivity index (χ1v) is 10.7. The summed E-state index contributed by atoms with van der Waals surface area (Å²) in [5.74, 6) is -2.94. The van der Waals surface area contributed by atoms with Gasteiger partial charge >= 0.3 is 12.4 Å². The molecule has 6 nitrogen and oxygen atoms in total. The quantitative estimate of drug-likeness (QED) is 0.624. The van der Waals surface area contributed by atoms with Crippen molar-refractivity contribution >= 4 is 17.6 Å². The van der Waals surface area contributed by atoms with E-state index in [-0.39, 0.29) is 11.1 Å². The third-order valence-electron chi connectivity index (χ3n) is 6.33. The van der Waals surface area contributed by atoms with Gasteiger partial charge in [-0.05, 0) is 48.9 Å². The van der Waals surface area contributed by atoms with E-state index in [2.05, 4.69) is 10.1 Å². The minimum absolute atomic E-state index is 0.167. The van der Waals surface area contributed by atoms with Gasteiger partial charge in [-0.25, -0.2) is 13.6 Å². The van der Waals surface area contributed by atoms with Gasteiger partial charge in [0.1, 0.15) is 22.9 Å². The van der Waals surface area contributed by atoms with Crippen molar-refractivity contribution in [3.05, 3.63) is 59.7 Å². The number of amides is 3. The van der Waals surface area contributed by atoms with Crippen LogP contribution in [0.2, 0.25) is 0 Å². The largest absolute Gasteiger partial charge is 0.573 e. The number of alkyl halides is 3. The van der Waals surface area contributed by atoms with E-state index in [4.69, 9.17) is 0 Å². The fourth-order valence-electron chi connectivity index (χ4n) is 4.53. The number of carbonyl (C=O) groups is 2. The smallest absolute Gasteiger partial charge is 0.406 e. The van der Waals surface area contributed by atoms with Crippen LogP contribution in [0.5, 0.6) is 5.75 Å². The number of urea groups is 1. The van der Waals surface area contributed by atoms with E-state index < -0.39 is 41.2 Å². The lowest BCUT2D eigenvalue weighted by molar-refractivity contribution is -0.274. The second-order valence-electron chi connectivity index (χ2n) is 8.57. The topological polar surface area (TPSA) is 61.9 Å². The zero-order chi connectivity index (χ0) is 24.5. The molecule has 3 amide bonds. The minimum Gasteiger partial charge on any atom is -0.406 e. The third kappa shape index (κ3) is 5.23. The Morgan fingerprint density at radius 2 is 1.50 bits per heavy atom. The molecule has 182 valence electrons. The Kier molecular flexibility index (Phi) is 6.37. The Morgan fingerprint density at radius 3 is 2.12 bits per heavy atom. The van der Waals surface area contributed by atoms with Gasteiger partial charge in [0, 0.05) is 37.9 Å². The number of halogens is 5. The molecule has 0 bridgehead atoms. The number of nitrogens with zero attached hydrogens (tertiary/aromatic N) is 2. The Hall–Kier alpha value is -3.37.